The second-order valence-electron chi connectivity index (χ2n) is 5.91. The molecular formula is C19H20ClNO2. The molecule has 2 aromatic carbocycles. The average molecular weight is 330 g/mol. The van der Waals surface area contributed by atoms with Crippen LogP contribution in [-0.2, 0) is 22.4 Å². The van der Waals surface area contributed by atoms with Gasteiger partial charge in [-0.2, -0.15) is 0 Å². The zero-order chi connectivity index (χ0) is 16.4. The van der Waals surface area contributed by atoms with Crippen molar-refractivity contribution in [3.63, 3.8) is 0 Å². The van der Waals surface area contributed by atoms with Gasteiger partial charge in [-0.05, 0) is 35.6 Å². The number of carbonyl (C=O) groups excluding carboxylic acids is 1. The van der Waals surface area contributed by atoms with E-state index in [0.29, 0.717) is 11.1 Å². The summed E-state index contributed by atoms with van der Waals surface area (Å²) in [6.07, 6.45) is 2.24. The summed E-state index contributed by atoms with van der Waals surface area (Å²) in [4.78, 5) is 13.7. The first-order valence-electron chi connectivity index (χ1n) is 7.76. The van der Waals surface area contributed by atoms with Gasteiger partial charge in [0.15, 0.2) is 0 Å². The van der Waals surface area contributed by atoms with Crippen molar-refractivity contribution in [3.05, 3.63) is 64.2 Å². The van der Waals surface area contributed by atoms with Gasteiger partial charge in [0, 0.05) is 7.05 Å². The number of methoxy groups -OCH3 is 1. The van der Waals surface area contributed by atoms with Gasteiger partial charge in [-0.25, -0.2) is 0 Å². The molecule has 3 nitrogen and oxygen atoms in total. The van der Waals surface area contributed by atoms with Crippen molar-refractivity contribution >= 4 is 23.3 Å². The summed E-state index contributed by atoms with van der Waals surface area (Å²) in [5.74, 6) is -0.243. The van der Waals surface area contributed by atoms with E-state index < -0.39 is 0 Å². The molecule has 0 saturated heterocycles. The maximum Gasteiger partial charge on any atom is 0.309 e. The number of esters is 1. The van der Waals surface area contributed by atoms with Gasteiger partial charge in [0.1, 0.15) is 0 Å². The summed E-state index contributed by atoms with van der Waals surface area (Å²) in [6, 6.07) is 14.8. The maximum atomic E-state index is 11.5. The van der Waals surface area contributed by atoms with E-state index in [1.54, 1.807) is 0 Å². The number of fused-ring (bicyclic) bond motifs is 1. The predicted octanol–water partition coefficient (Wildman–Crippen LogP) is 4.18. The van der Waals surface area contributed by atoms with E-state index in [9.17, 15) is 4.79 Å². The third-order valence-corrected chi connectivity index (χ3v) is 4.76. The molecule has 1 aliphatic rings. The molecule has 0 saturated carbocycles. The topological polar surface area (TPSA) is 29.5 Å². The van der Waals surface area contributed by atoms with Gasteiger partial charge in [-0.1, -0.05) is 48.0 Å². The van der Waals surface area contributed by atoms with Gasteiger partial charge in [-0.15, -0.1) is 0 Å². The van der Waals surface area contributed by atoms with Crippen LogP contribution < -0.4 is 4.90 Å². The zero-order valence-electron chi connectivity index (χ0n) is 13.4. The quantitative estimate of drug-likeness (QED) is 0.791. The number of benzene rings is 2. The van der Waals surface area contributed by atoms with Gasteiger partial charge in [0.2, 0.25) is 0 Å². The number of hydrogen-bond donors (Lipinski definition) is 0. The lowest BCUT2D eigenvalue weighted by Crippen LogP contribution is -2.29. The highest BCUT2D eigenvalue weighted by molar-refractivity contribution is 6.33. The van der Waals surface area contributed by atoms with Crippen molar-refractivity contribution < 1.29 is 9.53 Å². The minimum Gasteiger partial charge on any atom is -0.469 e. The highest BCUT2D eigenvalue weighted by Crippen LogP contribution is 2.42. The van der Waals surface area contributed by atoms with Gasteiger partial charge < -0.3 is 9.64 Å². The normalized spacial score (nSPS) is 16.8. The van der Waals surface area contributed by atoms with Crippen molar-refractivity contribution in [3.8, 4) is 0 Å². The third kappa shape index (κ3) is 3.20. The van der Waals surface area contributed by atoms with E-state index in [2.05, 4.69) is 42.3 Å². The number of hydrogen-bond acceptors (Lipinski definition) is 3. The van der Waals surface area contributed by atoms with Crippen LogP contribution in [0, 0.1) is 0 Å². The van der Waals surface area contributed by atoms with Crippen LogP contribution in [0.15, 0.2) is 42.5 Å². The fourth-order valence-electron chi connectivity index (χ4n) is 3.35. The molecule has 0 bridgehead atoms. The number of nitrogens with zero attached hydrogens (tertiary/aromatic N) is 1. The van der Waals surface area contributed by atoms with Crippen molar-refractivity contribution in [1.29, 1.82) is 0 Å². The number of ether oxygens (including phenoxy) is 1. The van der Waals surface area contributed by atoms with Gasteiger partial charge >= 0.3 is 5.97 Å². The fraction of sp³-hybridized carbons (Fsp3) is 0.316. The summed E-state index contributed by atoms with van der Waals surface area (Å²) in [7, 11) is 3.49. The lowest BCUT2D eigenvalue weighted by molar-refractivity contribution is -0.139. The Kier molecular flexibility index (Phi) is 4.58. The second kappa shape index (κ2) is 6.63. The molecule has 4 heteroatoms. The number of halogens is 1. The molecule has 3 rings (SSSR count). The summed E-state index contributed by atoms with van der Waals surface area (Å²) in [5, 5.41) is 0.699. The van der Waals surface area contributed by atoms with E-state index in [1.807, 2.05) is 12.1 Å². The Hall–Kier alpha value is -2.00. The summed E-state index contributed by atoms with van der Waals surface area (Å²) >= 11 is 6.53. The van der Waals surface area contributed by atoms with Gasteiger partial charge in [0.05, 0.1) is 30.3 Å². The standard InChI is InChI=1S/C19H20ClNO2/c1-21-17(14-6-4-3-5-7-14)9-8-15-10-13(12-18(22)23-2)11-16(20)19(15)21/h3-7,10-11,17H,8-9,12H2,1-2H3. The first kappa shape index (κ1) is 15.9. The zero-order valence-corrected chi connectivity index (χ0v) is 14.1. The Balaban J connectivity index is 1.92. The van der Waals surface area contributed by atoms with Crippen molar-refractivity contribution in [2.24, 2.45) is 0 Å². The largest absolute Gasteiger partial charge is 0.469 e. The van der Waals surface area contributed by atoms with Crippen LogP contribution in [0.2, 0.25) is 5.02 Å². The monoisotopic (exact) mass is 329 g/mol. The minimum atomic E-state index is -0.243. The van der Waals surface area contributed by atoms with E-state index in [-0.39, 0.29) is 12.4 Å². The van der Waals surface area contributed by atoms with Crippen LogP contribution in [0.1, 0.15) is 29.2 Å². The average Bonchev–Trinajstić information content (AvgIpc) is 2.55. The smallest absolute Gasteiger partial charge is 0.309 e. The molecule has 0 radical (unpaired) electrons. The fourth-order valence-corrected chi connectivity index (χ4v) is 3.75. The Morgan fingerprint density at radius 1 is 1.30 bits per heavy atom. The molecular weight excluding hydrogens is 310 g/mol. The first-order valence-corrected chi connectivity index (χ1v) is 8.14. The number of anilines is 1. The third-order valence-electron chi connectivity index (χ3n) is 4.47. The molecule has 120 valence electrons. The first-order chi connectivity index (χ1) is 11.1. The second-order valence-corrected chi connectivity index (χ2v) is 6.32. The van der Waals surface area contributed by atoms with E-state index in [0.717, 1.165) is 24.1 Å². The molecule has 0 fully saturated rings. The highest BCUT2D eigenvalue weighted by Gasteiger charge is 2.27. The van der Waals surface area contributed by atoms with Crippen LogP contribution in [0.3, 0.4) is 0 Å². The molecule has 0 spiro atoms. The molecule has 1 unspecified atom stereocenters. The van der Waals surface area contributed by atoms with Crippen LogP contribution in [0.25, 0.3) is 0 Å². The number of rotatable bonds is 3. The van der Waals surface area contributed by atoms with Crippen molar-refractivity contribution in [2.45, 2.75) is 25.3 Å². The summed E-state index contributed by atoms with van der Waals surface area (Å²) < 4.78 is 4.74. The van der Waals surface area contributed by atoms with Crippen LogP contribution >= 0.6 is 11.6 Å². The molecule has 0 amide bonds. The van der Waals surface area contributed by atoms with E-state index in [1.165, 1.54) is 18.2 Å². The Morgan fingerprint density at radius 2 is 2.04 bits per heavy atom. The van der Waals surface area contributed by atoms with Crippen LogP contribution in [0.5, 0.6) is 0 Å². The van der Waals surface area contributed by atoms with Crippen molar-refractivity contribution in [2.75, 3.05) is 19.1 Å². The maximum absolute atomic E-state index is 11.5. The number of carbonyl (C=O) groups is 1. The predicted molar refractivity (Wildman–Crippen MR) is 93.1 cm³/mol. The van der Waals surface area contributed by atoms with E-state index in [4.69, 9.17) is 16.3 Å². The number of aryl methyl sites for hydroxylation is 1. The molecule has 1 aliphatic heterocycles. The lowest BCUT2D eigenvalue weighted by atomic mass is 9.90. The van der Waals surface area contributed by atoms with E-state index >= 15 is 0 Å². The molecule has 2 aromatic rings. The van der Waals surface area contributed by atoms with Crippen molar-refractivity contribution in [1.82, 2.24) is 0 Å². The molecule has 0 aromatic heterocycles. The molecule has 0 aliphatic carbocycles. The molecule has 1 atom stereocenters. The van der Waals surface area contributed by atoms with Gasteiger partial charge in [0.25, 0.3) is 0 Å². The minimum absolute atomic E-state index is 0.243. The SMILES string of the molecule is COC(=O)Cc1cc(Cl)c2c(c1)CCC(c1ccccc1)N2C. The summed E-state index contributed by atoms with van der Waals surface area (Å²) in [6.45, 7) is 0. The molecule has 1 heterocycles. The van der Waals surface area contributed by atoms with Crippen LogP contribution in [0.4, 0.5) is 5.69 Å². The van der Waals surface area contributed by atoms with Crippen LogP contribution in [-0.4, -0.2) is 20.1 Å². The lowest BCUT2D eigenvalue weighted by Gasteiger charge is -2.37. The Bertz CT molecular complexity index is 715. The summed E-state index contributed by atoms with van der Waals surface area (Å²) in [5.41, 5.74) is 4.48. The molecule has 0 N–H and O–H groups in total. The Labute approximate surface area is 141 Å². The Morgan fingerprint density at radius 3 is 2.74 bits per heavy atom. The molecule has 23 heavy (non-hydrogen) atoms. The van der Waals surface area contributed by atoms with Gasteiger partial charge in [-0.3, -0.25) is 4.79 Å². The highest BCUT2D eigenvalue weighted by atomic mass is 35.5.